The second kappa shape index (κ2) is 5.64. The van der Waals surface area contributed by atoms with Gasteiger partial charge in [0.2, 0.25) is 0 Å². The van der Waals surface area contributed by atoms with Gasteiger partial charge in [-0.15, -0.1) is 0 Å². The second-order valence-corrected chi connectivity index (χ2v) is 4.30. The Hall–Kier alpha value is -1.88. The number of aromatic hydroxyl groups is 1. The summed E-state index contributed by atoms with van der Waals surface area (Å²) in [5.74, 6) is 1.29. The van der Waals surface area contributed by atoms with Gasteiger partial charge in [0.25, 0.3) is 0 Å². The van der Waals surface area contributed by atoms with E-state index in [-0.39, 0.29) is 5.75 Å². The van der Waals surface area contributed by atoms with Crippen LogP contribution in [0.5, 0.6) is 5.75 Å². The predicted molar refractivity (Wildman–Crippen MR) is 69.3 cm³/mol. The van der Waals surface area contributed by atoms with Crippen molar-refractivity contribution in [1.29, 1.82) is 0 Å². The minimum absolute atomic E-state index is 0.241. The molecule has 0 aromatic carbocycles. The molecule has 0 saturated carbocycles. The number of pyridine rings is 1. The standard InChI is InChI=1S/C13H18N4O/c1-10-3-4-12(18)11(16-10)9-14-6-5-13-15-7-8-17(13)2/h3-4,7-8,14,18H,5-6,9H2,1-2H3. The smallest absolute Gasteiger partial charge is 0.138 e. The van der Waals surface area contributed by atoms with Crippen LogP contribution < -0.4 is 5.32 Å². The van der Waals surface area contributed by atoms with Gasteiger partial charge in [-0.05, 0) is 19.1 Å². The molecular weight excluding hydrogens is 228 g/mol. The lowest BCUT2D eigenvalue weighted by atomic mass is 10.3. The fourth-order valence-electron chi connectivity index (χ4n) is 1.78. The Bertz CT molecular complexity index is 521. The third-order valence-corrected chi connectivity index (χ3v) is 2.83. The molecule has 0 unspecified atom stereocenters. The van der Waals surface area contributed by atoms with Crippen molar-refractivity contribution in [3.63, 3.8) is 0 Å². The normalized spacial score (nSPS) is 10.8. The molecule has 0 aliphatic heterocycles. The van der Waals surface area contributed by atoms with Gasteiger partial charge in [0.1, 0.15) is 11.6 Å². The van der Waals surface area contributed by atoms with E-state index in [0.29, 0.717) is 12.2 Å². The van der Waals surface area contributed by atoms with E-state index in [1.165, 1.54) is 0 Å². The Morgan fingerprint density at radius 2 is 2.22 bits per heavy atom. The van der Waals surface area contributed by atoms with Crippen LogP contribution in [0.1, 0.15) is 17.2 Å². The fraction of sp³-hybridized carbons (Fsp3) is 0.385. The molecule has 0 spiro atoms. The lowest BCUT2D eigenvalue weighted by Crippen LogP contribution is -2.19. The Labute approximate surface area is 107 Å². The largest absolute Gasteiger partial charge is 0.506 e. The van der Waals surface area contributed by atoms with Crippen LogP contribution in [0.15, 0.2) is 24.5 Å². The summed E-state index contributed by atoms with van der Waals surface area (Å²) in [7, 11) is 1.98. The number of nitrogens with one attached hydrogen (secondary N) is 1. The predicted octanol–water partition coefficient (Wildman–Crippen LogP) is 1.16. The first-order valence-corrected chi connectivity index (χ1v) is 5.99. The molecule has 0 aliphatic rings. The number of imidazole rings is 1. The first kappa shape index (κ1) is 12.6. The molecule has 5 nitrogen and oxygen atoms in total. The third-order valence-electron chi connectivity index (χ3n) is 2.83. The van der Waals surface area contributed by atoms with Crippen molar-refractivity contribution in [2.75, 3.05) is 6.54 Å². The Morgan fingerprint density at radius 1 is 1.39 bits per heavy atom. The first-order valence-electron chi connectivity index (χ1n) is 5.99. The number of nitrogens with zero attached hydrogens (tertiary/aromatic N) is 3. The number of hydrogen-bond acceptors (Lipinski definition) is 4. The van der Waals surface area contributed by atoms with Crippen molar-refractivity contribution >= 4 is 0 Å². The molecule has 0 amide bonds. The molecule has 0 aliphatic carbocycles. The average Bonchev–Trinajstić information content (AvgIpc) is 2.75. The van der Waals surface area contributed by atoms with Gasteiger partial charge in [-0.25, -0.2) is 4.98 Å². The zero-order valence-corrected chi connectivity index (χ0v) is 10.7. The Balaban J connectivity index is 1.82. The van der Waals surface area contributed by atoms with E-state index in [1.807, 2.05) is 24.7 Å². The van der Waals surface area contributed by atoms with E-state index >= 15 is 0 Å². The third kappa shape index (κ3) is 3.07. The topological polar surface area (TPSA) is 63.0 Å². The van der Waals surface area contributed by atoms with E-state index < -0.39 is 0 Å². The van der Waals surface area contributed by atoms with E-state index in [9.17, 15) is 5.11 Å². The summed E-state index contributed by atoms with van der Waals surface area (Å²) >= 11 is 0. The molecule has 2 heterocycles. The maximum absolute atomic E-state index is 9.64. The first-order chi connectivity index (χ1) is 8.66. The van der Waals surface area contributed by atoms with Crippen LogP contribution in [-0.2, 0) is 20.0 Å². The summed E-state index contributed by atoms with van der Waals surface area (Å²) in [4.78, 5) is 8.54. The SMILES string of the molecule is Cc1ccc(O)c(CNCCc2nccn2C)n1. The molecule has 0 atom stereocenters. The summed E-state index contributed by atoms with van der Waals surface area (Å²) in [6.07, 6.45) is 4.59. The molecule has 0 saturated heterocycles. The Morgan fingerprint density at radius 3 is 2.94 bits per heavy atom. The number of hydrogen-bond donors (Lipinski definition) is 2. The lowest BCUT2D eigenvalue weighted by molar-refractivity contribution is 0.459. The summed E-state index contributed by atoms with van der Waals surface area (Å²) in [5.41, 5.74) is 1.60. The zero-order valence-electron chi connectivity index (χ0n) is 10.7. The van der Waals surface area contributed by atoms with Crippen LogP contribution in [0.4, 0.5) is 0 Å². The van der Waals surface area contributed by atoms with Crippen molar-refractivity contribution in [3.8, 4) is 5.75 Å². The zero-order chi connectivity index (χ0) is 13.0. The minimum atomic E-state index is 0.241. The second-order valence-electron chi connectivity index (χ2n) is 4.30. The van der Waals surface area contributed by atoms with Crippen molar-refractivity contribution in [2.24, 2.45) is 7.05 Å². The van der Waals surface area contributed by atoms with E-state index in [0.717, 1.165) is 24.5 Å². The van der Waals surface area contributed by atoms with E-state index in [1.54, 1.807) is 18.3 Å². The van der Waals surface area contributed by atoms with Crippen LogP contribution in [0.2, 0.25) is 0 Å². The van der Waals surface area contributed by atoms with Crippen molar-refractivity contribution in [2.45, 2.75) is 19.9 Å². The fourth-order valence-corrected chi connectivity index (χ4v) is 1.78. The Kier molecular flexibility index (Phi) is 3.94. The highest BCUT2D eigenvalue weighted by molar-refractivity contribution is 5.27. The molecule has 2 aromatic rings. The van der Waals surface area contributed by atoms with Gasteiger partial charge in [0, 0.05) is 44.6 Å². The summed E-state index contributed by atoms with van der Waals surface area (Å²) in [6.45, 7) is 3.29. The van der Waals surface area contributed by atoms with Crippen LogP contribution in [0.25, 0.3) is 0 Å². The van der Waals surface area contributed by atoms with Gasteiger partial charge < -0.3 is 15.0 Å². The van der Waals surface area contributed by atoms with Crippen molar-refractivity contribution in [1.82, 2.24) is 19.9 Å². The van der Waals surface area contributed by atoms with E-state index in [4.69, 9.17) is 0 Å². The van der Waals surface area contributed by atoms with Gasteiger partial charge in [-0.2, -0.15) is 0 Å². The monoisotopic (exact) mass is 246 g/mol. The number of rotatable bonds is 5. The molecule has 5 heteroatoms. The van der Waals surface area contributed by atoms with Gasteiger partial charge in [-0.1, -0.05) is 0 Å². The maximum atomic E-state index is 9.64. The molecule has 96 valence electrons. The minimum Gasteiger partial charge on any atom is -0.506 e. The van der Waals surface area contributed by atoms with Gasteiger partial charge in [-0.3, -0.25) is 4.98 Å². The summed E-state index contributed by atoms with van der Waals surface area (Å²) in [5, 5.41) is 12.9. The summed E-state index contributed by atoms with van der Waals surface area (Å²) < 4.78 is 2.00. The van der Waals surface area contributed by atoms with Crippen LogP contribution in [0.3, 0.4) is 0 Å². The molecule has 2 rings (SSSR count). The highest BCUT2D eigenvalue weighted by Crippen LogP contribution is 2.13. The average molecular weight is 246 g/mol. The number of aromatic nitrogens is 3. The van der Waals surface area contributed by atoms with Gasteiger partial charge in [0.15, 0.2) is 0 Å². The molecule has 2 aromatic heterocycles. The summed E-state index contributed by atoms with van der Waals surface area (Å²) in [6, 6.07) is 3.48. The van der Waals surface area contributed by atoms with Crippen LogP contribution in [-0.4, -0.2) is 26.2 Å². The van der Waals surface area contributed by atoms with Crippen LogP contribution in [0, 0.1) is 6.92 Å². The van der Waals surface area contributed by atoms with Crippen molar-refractivity contribution < 1.29 is 5.11 Å². The maximum Gasteiger partial charge on any atom is 0.138 e. The molecule has 18 heavy (non-hydrogen) atoms. The molecule has 0 bridgehead atoms. The van der Waals surface area contributed by atoms with E-state index in [2.05, 4.69) is 15.3 Å². The molecule has 2 N–H and O–H groups in total. The number of aryl methyl sites for hydroxylation is 2. The molecule has 0 fully saturated rings. The quantitative estimate of drug-likeness (QED) is 0.777. The molecular formula is C13H18N4O. The lowest BCUT2D eigenvalue weighted by Gasteiger charge is -2.07. The van der Waals surface area contributed by atoms with Gasteiger partial charge >= 0.3 is 0 Å². The van der Waals surface area contributed by atoms with Crippen molar-refractivity contribution in [3.05, 3.63) is 41.7 Å². The molecule has 0 radical (unpaired) electrons. The van der Waals surface area contributed by atoms with Gasteiger partial charge in [0.05, 0.1) is 5.69 Å². The van der Waals surface area contributed by atoms with Crippen LogP contribution >= 0.6 is 0 Å². The highest BCUT2D eigenvalue weighted by atomic mass is 16.3. The highest BCUT2D eigenvalue weighted by Gasteiger charge is 2.03.